The molecule has 0 aliphatic carbocycles. The molecule has 1 unspecified atom stereocenters. The second kappa shape index (κ2) is 6.88. The van der Waals surface area contributed by atoms with Crippen molar-refractivity contribution in [1.29, 1.82) is 0 Å². The molecular formula is C19H22N2O3S. The van der Waals surface area contributed by atoms with Gasteiger partial charge in [-0.2, -0.15) is 0 Å². The Morgan fingerprint density at radius 2 is 1.84 bits per heavy atom. The van der Waals surface area contributed by atoms with E-state index in [9.17, 15) is 13.2 Å². The van der Waals surface area contributed by atoms with Crippen LogP contribution >= 0.6 is 0 Å². The Kier molecular flexibility index (Phi) is 4.81. The highest BCUT2D eigenvalue weighted by Crippen LogP contribution is 2.29. The predicted octanol–water partition coefficient (Wildman–Crippen LogP) is 2.96. The van der Waals surface area contributed by atoms with Gasteiger partial charge in [-0.05, 0) is 37.1 Å². The first-order valence-corrected chi connectivity index (χ1v) is 9.97. The van der Waals surface area contributed by atoms with Crippen LogP contribution in [-0.2, 0) is 21.2 Å². The maximum Gasteiger partial charge on any atom is 0.233 e. The third-order valence-corrected chi connectivity index (χ3v) is 5.85. The van der Waals surface area contributed by atoms with Crippen molar-refractivity contribution in [3.05, 3.63) is 59.7 Å². The average molecular weight is 358 g/mol. The predicted molar refractivity (Wildman–Crippen MR) is 100 cm³/mol. The van der Waals surface area contributed by atoms with Crippen molar-refractivity contribution in [2.45, 2.75) is 20.3 Å². The van der Waals surface area contributed by atoms with Crippen LogP contribution in [0.2, 0.25) is 0 Å². The molecular weight excluding hydrogens is 336 g/mol. The van der Waals surface area contributed by atoms with Crippen LogP contribution in [0.25, 0.3) is 0 Å². The van der Waals surface area contributed by atoms with Gasteiger partial charge in [0.1, 0.15) is 0 Å². The van der Waals surface area contributed by atoms with E-state index in [-0.39, 0.29) is 11.7 Å². The number of sulfonamides is 1. The highest BCUT2D eigenvalue weighted by molar-refractivity contribution is 7.92. The lowest BCUT2D eigenvalue weighted by molar-refractivity contribution is -0.121. The second-order valence-electron chi connectivity index (χ2n) is 6.52. The maximum atomic E-state index is 12.7. The minimum atomic E-state index is -3.60. The molecule has 2 aromatic carbocycles. The number of nitrogens with one attached hydrogen (secondary N) is 1. The van der Waals surface area contributed by atoms with Crippen molar-refractivity contribution in [1.82, 2.24) is 0 Å². The van der Waals surface area contributed by atoms with Crippen molar-refractivity contribution in [3.8, 4) is 0 Å². The number of carbonyl (C=O) groups excluding carboxylic acids is 1. The zero-order valence-electron chi connectivity index (χ0n) is 14.4. The average Bonchev–Trinajstić information content (AvgIpc) is 2.99. The number of carbonyl (C=O) groups is 1. The van der Waals surface area contributed by atoms with E-state index in [1.807, 2.05) is 43.3 Å². The van der Waals surface area contributed by atoms with Gasteiger partial charge in [0.05, 0.1) is 11.7 Å². The first-order chi connectivity index (χ1) is 11.9. The van der Waals surface area contributed by atoms with Crippen molar-refractivity contribution < 1.29 is 13.2 Å². The molecule has 0 radical (unpaired) electrons. The first-order valence-electron chi connectivity index (χ1n) is 8.32. The number of fused-ring (bicyclic) bond motifs is 1. The standard InChI is InChI=1S/C19H22N2O3S/c1-14-7-9-17(10-8-14)20-25(23,24)13-15(2)19(22)21-12-11-16-5-3-4-6-18(16)21/h3-10,15,20H,11-13H2,1-2H3. The molecule has 0 spiro atoms. The molecule has 1 amide bonds. The number of hydrogen-bond acceptors (Lipinski definition) is 3. The van der Waals surface area contributed by atoms with Crippen LogP contribution in [0, 0.1) is 12.8 Å². The summed E-state index contributed by atoms with van der Waals surface area (Å²) in [5.74, 6) is -1.01. The lowest BCUT2D eigenvalue weighted by Crippen LogP contribution is -2.37. The van der Waals surface area contributed by atoms with Crippen LogP contribution in [0.3, 0.4) is 0 Å². The molecule has 0 aromatic heterocycles. The van der Waals surface area contributed by atoms with Gasteiger partial charge in [0.2, 0.25) is 15.9 Å². The van der Waals surface area contributed by atoms with Crippen LogP contribution < -0.4 is 9.62 Å². The fourth-order valence-electron chi connectivity index (χ4n) is 3.08. The van der Waals surface area contributed by atoms with Gasteiger partial charge in [-0.1, -0.05) is 42.8 Å². The van der Waals surface area contributed by atoms with Crippen LogP contribution in [0.5, 0.6) is 0 Å². The van der Waals surface area contributed by atoms with Gasteiger partial charge in [-0.3, -0.25) is 9.52 Å². The molecule has 0 bridgehead atoms. The first kappa shape index (κ1) is 17.5. The topological polar surface area (TPSA) is 66.5 Å². The summed E-state index contributed by atoms with van der Waals surface area (Å²) in [6.45, 7) is 4.21. The number of nitrogens with zero attached hydrogens (tertiary/aromatic N) is 1. The summed E-state index contributed by atoms with van der Waals surface area (Å²) in [4.78, 5) is 14.4. The number of para-hydroxylation sites is 1. The van der Waals surface area contributed by atoms with Crippen LogP contribution in [0.15, 0.2) is 48.5 Å². The summed E-state index contributed by atoms with van der Waals surface area (Å²) in [6, 6.07) is 14.9. The molecule has 5 nitrogen and oxygen atoms in total. The highest BCUT2D eigenvalue weighted by atomic mass is 32.2. The zero-order valence-corrected chi connectivity index (χ0v) is 15.2. The minimum absolute atomic E-state index is 0.153. The third-order valence-electron chi connectivity index (χ3n) is 4.37. The molecule has 0 saturated heterocycles. The van der Waals surface area contributed by atoms with Gasteiger partial charge in [0, 0.05) is 17.9 Å². The van der Waals surface area contributed by atoms with E-state index < -0.39 is 15.9 Å². The van der Waals surface area contributed by atoms with Crippen LogP contribution in [0.1, 0.15) is 18.1 Å². The number of aryl methyl sites for hydroxylation is 1. The fourth-order valence-corrected chi connectivity index (χ4v) is 4.46. The van der Waals surface area contributed by atoms with Crippen molar-refractivity contribution in [3.63, 3.8) is 0 Å². The molecule has 6 heteroatoms. The van der Waals surface area contributed by atoms with Crippen molar-refractivity contribution in [2.24, 2.45) is 5.92 Å². The summed E-state index contributed by atoms with van der Waals surface area (Å²) < 4.78 is 27.3. The lowest BCUT2D eigenvalue weighted by atomic mass is 10.1. The summed E-state index contributed by atoms with van der Waals surface area (Å²) >= 11 is 0. The summed E-state index contributed by atoms with van der Waals surface area (Å²) in [6.07, 6.45) is 0.809. The molecule has 3 rings (SSSR count). The molecule has 1 aliphatic heterocycles. The zero-order chi connectivity index (χ0) is 18.0. The molecule has 0 saturated carbocycles. The van der Waals surface area contributed by atoms with Crippen molar-refractivity contribution in [2.75, 3.05) is 21.9 Å². The normalized spacial score (nSPS) is 14.9. The lowest BCUT2D eigenvalue weighted by Gasteiger charge is -2.22. The Bertz CT molecular complexity index is 876. The summed E-state index contributed by atoms with van der Waals surface area (Å²) in [5.41, 5.74) is 3.59. The monoisotopic (exact) mass is 358 g/mol. The van der Waals surface area contributed by atoms with Gasteiger partial charge in [0.15, 0.2) is 0 Å². The Morgan fingerprint density at radius 1 is 1.16 bits per heavy atom. The molecule has 1 atom stereocenters. The maximum absolute atomic E-state index is 12.7. The highest BCUT2D eigenvalue weighted by Gasteiger charge is 2.30. The van der Waals surface area contributed by atoms with Gasteiger partial charge < -0.3 is 4.90 Å². The van der Waals surface area contributed by atoms with E-state index in [4.69, 9.17) is 0 Å². The minimum Gasteiger partial charge on any atom is -0.312 e. The Labute approximate surface area is 148 Å². The molecule has 1 N–H and O–H groups in total. The van der Waals surface area contributed by atoms with E-state index in [0.29, 0.717) is 12.2 Å². The number of amides is 1. The Morgan fingerprint density at radius 3 is 2.56 bits per heavy atom. The quantitative estimate of drug-likeness (QED) is 0.894. The van der Waals surface area contributed by atoms with E-state index >= 15 is 0 Å². The second-order valence-corrected chi connectivity index (χ2v) is 8.29. The summed E-state index contributed by atoms with van der Waals surface area (Å²) in [7, 11) is -3.60. The van der Waals surface area contributed by atoms with Gasteiger partial charge in [-0.15, -0.1) is 0 Å². The molecule has 0 fully saturated rings. The molecule has 2 aromatic rings. The van der Waals surface area contributed by atoms with Gasteiger partial charge in [0.25, 0.3) is 0 Å². The van der Waals surface area contributed by atoms with E-state index in [1.165, 1.54) is 0 Å². The Balaban J connectivity index is 1.68. The SMILES string of the molecule is Cc1ccc(NS(=O)(=O)CC(C)C(=O)N2CCc3ccccc32)cc1. The fraction of sp³-hybridized carbons (Fsp3) is 0.316. The van der Waals surface area contributed by atoms with Crippen LogP contribution in [-0.4, -0.2) is 26.6 Å². The smallest absolute Gasteiger partial charge is 0.233 e. The molecule has 1 aliphatic rings. The van der Waals surface area contributed by atoms with E-state index in [0.717, 1.165) is 23.2 Å². The van der Waals surface area contributed by atoms with E-state index in [2.05, 4.69) is 4.72 Å². The van der Waals surface area contributed by atoms with E-state index in [1.54, 1.807) is 24.0 Å². The number of rotatable bonds is 5. The third kappa shape index (κ3) is 4.02. The molecule has 25 heavy (non-hydrogen) atoms. The molecule has 1 heterocycles. The number of benzene rings is 2. The largest absolute Gasteiger partial charge is 0.312 e. The number of anilines is 2. The summed E-state index contributed by atoms with van der Waals surface area (Å²) in [5, 5.41) is 0. The van der Waals surface area contributed by atoms with Gasteiger partial charge in [-0.25, -0.2) is 8.42 Å². The van der Waals surface area contributed by atoms with Crippen LogP contribution in [0.4, 0.5) is 11.4 Å². The van der Waals surface area contributed by atoms with Crippen molar-refractivity contribution >= 4 is 27.3 Å². The van der Waals surface area contributed by atoms with Gasteiger partial charge >= 0.3 is 0 Å². The molecule has 132 valence electrons. The Hall–Kier alpha value is -2.34. The number of hydrogen-bond donors (Lipinski definition) is 1.